The van der Waals surface area contributed by atoms with Crippen molar-refractivity contribution in [3.8, 4) is 0 Å². The minimum Gasteiger partial charge on any atom is -0.322 e. The molecule has 2 rings (SSSR count). The summed E-state index contributed by atoms with van der Waals surface area (Å²) in [5, 5.41) is 2.71. The van der Waals surface area contributed by atoms with E-state index in [0.717, 1.165) is 12.0 Å². The van der Waals surface area contributed by atoms with Crippen LogP contribution in [0.5, 0.6) is 0 Å². The van der Waals surface area contributed by atoms with Gasteiger partial charge in [0, 0.05) is 23.1 Å². The first-order valence-corrected chi connectivity index (χ1v) is 5.48. The molecular formula is C14H12N2O2. The van der Waals surface area contributed by atoms with Crippen molar-refractivity contribution < 1.29 is 9.59 Å². The second-order valence-electron chi connectivity index (χ2n) is 3.89. The minimum atomic E-state index is -0.245. The molecule has 1 N–H and O–H groups in total. The maximum Gasteiger partial charge on any atom is 0.257 e. The zero-order valence-electron chi connectivity index (χ0n) is 9.88. The smallest absolute Gasteiger partial charge is 0.257 e. The highest BCUT2D eigenvalue weighted by molar-refractivity contribution is 6.04. The molecule has 1 aromatic heterocycles. The number of aromatic nitrogens is 1. The molecule has 0 bridgehead atoms. The summed E-state index contributed by atoms with van der Waals surface area (Å²) in [5.41, 5.74) is 2.45. The van der Waals surface area contributed by atoms with Crippen LogP contribution in [0.3, 0.4) is 0 Å². The number of nitrogens with one attached hydrogen (secondary N) is 1. The van der Waals surface area contributed by atoms with Crippen LogP contribution in [0.15, 0.2) is 42.6 Å². The summed E-state index contributed by atoms with van der Waals surface area (Å²) in [6.45, 7) is 1.86. The molecule has 90 valence electrons. The van der Waals surface area contributed by atoms with Crippen LogP contribution in [-0.4, -0.2) is 17.2 Å². The summed E-state index contributed by atoms with van der Waals surface area (Å²) in [4.78, 5) is 26.6. The van der Waals surface area contributed by atoms with E-state index >= 15 is 0 Å². The molecule has 0 unspecified atom stereocenters. The quantitative estimate of drug-likeness (QED) is 0.838. The number of anilines is 1. The van der Waals surface area contributed by atoms with E-state index in [1.807, 2.05) is 6.92 Å². The summed E-state index contributed by atoms with van der Waals surface area (Å²) < 4.78 is 0. The second kappa shape index (κ2) is 5.23. The van der Waals surface area contributed by atoms with Crippen LogP contribution in [0, 0.1) is 6.92 Å². The third-order valence-corrected chi connectivity index (χ3v) is 2.45. The van der Waals surface area contributed by atoms with Gasteiger partial charge in [0.1, 0.15) is 6.29 Å². The maximum atomic E-state index is 11.9. The largest absolute Gasteiger partial charge is 0.322 e. The Balaban J connectivity index is 2.15. The SMILES string of the molecule is Cc1ccc(C(=O)Nc2cccc(C=O)c2)cn1. The van der Waals surface area contributed by atoms with Gasteiger partial charge < -0.3 is 5.32 Å². The molecule has 0 saturated carbocycles. The molecule has 4 nitrogen and oxygen atoms in total. The highest BCUT2D eigenvalue weighted by Crippen LogP contribution is 2.11. The second-order valence-corrected chi connectivity index (χ2v) is 3.89. The van der Waals surface area contributed by atoms with Crippen molar-refractivity contribution in [1.82, 2.24) is 4.98 Å². The summed E-state index contributed by atoms with van der Waals surface area (Å²) >= 11 is 0. The Labute approximate surface area is 105 Å². The fourth-order valence-electron chi connectivity index (χ4n) is 1.50. The number of amides is 1. The van der Waals surface area contributed by atoms with Gasteiger partial charge >= 0.3 is 0 Å². The van der Waals surface area contributed by atoms with Gasteiger partial charge in [0.15, 0.2) is 0 Å². The number of carbonyl (C=O) groups is 2. The van der Waals surface area contributed by atoms with E-state index in [1.54, 1.807) is 36.4 Å². The fraction of sp³-hybridized carbons (Fsp3) is 0.0714. The fourth-order valence-corrected chi connectivity index (χ4v) is 1.50. The predicted octanol–water partition coefficient (Wildman–Crippen LogP) is 2.45. The Morgan fingerprint density at radius 1 is 1.28 bits per heavy atom. The molecule has 4 heteroatoms. The van der Waals surface area contributed by atoms with Crippen molar-refractivity contribution in [2.45, 2.75) is 6.92 Å². The van der Waals surface area contributed by atoms with Crippen molar-refractivity contribution in [3.05, 3.63) is 59.4 Å². The molecule has 1 heterocycles. The number of carbonyl (C=O) groups excluding carboxylic acids is 2. The Hall–Kier alpha value is -2.49. The number of nitrogens with zero attached hydrogens (tertiary/aromatic N) is 1. The highest BCUT2D eigenvalue weighted by Gasteiger charge is 2.06. The summed E-state index contributed by atoms with van der Waals surface area (Å²) in [5.74, 6) is -0.245. The van der Waals surface area contributed by atoms with Gasteiger partial charge in [-0.15, -0.1) is 0 Å². The van der Waals surface area contributed by atoms with Crippen molar-refractivity contribution in [1.29, 1.82) is 0 Å². The van der Waals surface area contributed by atoms with E-state index in [1.165, 1.54) is 6.20 Å². The third-order valence-electron chi connectivity index (χ3n) is 2.45. The monoisotopic (exact) mass is 240 g/mol. The minimum absolute atomic E-state index is 0.245. The number of hydrogen-bond donors (Lipinski definition) is 1. The molecule has 0 fully saturated rings. The Morgan fingerprint density at radius 2 is 2.11 bits per heavy atom. The Kier molecular flexibility index (Phi) is 3.48. The molecule has 0 saturated heterocycles. The molecule has 0 aliphatic carbocycles. The van der Waals surface area contributed by atoms with Crippen LogP contribution in [-0.2, 0) is 0 Å². The molecule has 1 amide bonds. The zero-order valence-corrected chi connectivity index (χ0v) is 9.88. The van der Waals surface area contributed by atoms with Gasteiger partial charge in [-0.3, -0.25) is 14.6 Å². The van der Waals surface area contributed by atoms with Gasteiger partial charge in [-0.1, -0.05) is 12.1 Å². The highest BCUT2D eigenvalue weighted by atomic mass is 16.1. The zero-order chi connectivity index (χ0) is 13.0. The van der Waals surface area contributed by atoms with Gasteiger partial charge in [-0.2, -0.15) is 0 Å². The normalized spacial score (nSPS) is 9.83. The van der Waals surface area contributed by atoms with Crippen molar-refractivity contribution in [3.63, 3.8) is 0 Å². The lowest BCUT2D eigenvalue weighted by Gasteiger charge is -2.05. The van der Waals surface area contributed by atoms with Gasteiger partial charge in [0.2, 0.25) is 0 Å². The van der Waals surface area contributed by atoms with Crippen molar-refractivity contribution in [2.24, 2.45) is 0 Å². The van der Waals surface area contributed by atoms with Gasteiger partial charge in [0.25, 0.3) is 5.91 Å². The maximum absolute atomic E-state index is 11.9. The van der Waals surface area contributed by atoms with E-state index < -0.39 is 0 Å². The van der Waals surface area contributed by atoms with Crippen LogP contribution < -0.4 is 5.32 Å². The average molecular weight is 240 g/mol. The van der Waals surface area contributed by atoms with E-state index in [2.05, 4.69) is 10.3 Å². The molecule has 0 aliphatic rings. The topological polar surface area (TPSA) is 59.1 Å². The number of hydrogen-bond acceptors (Lipinski definition) is 3. The van der Waals surface area contributed by atoms with E-state index in [-0.39, 0.29) is 5.91 Å². The molecule has 1 aromatic carbocycles. The van der Waals surface area contributed by atoms with E-state index in [4.69, 9.17) is 0 Å². The molecular weight excluding hydrogens is 228 g/mol. The first kappa shape index (κ1) is 12.0. The number of rotatable bonds is 3. The summed E-state index contributed by atoms with van der Waals surface area (Å²) in [7, 11) is 0. The van der Waals surface area contributed by atoms with Gasteiger partial charge in [-0.05, 0) is 31.2 Å². The number of aryl methyl sites for hydroxylation is 1. The molecule has 18 heavy (non-hydrogen) atoms. The first-order valence-electron chi connectivity index (χ1n) is 5.48. The number of pyridine rings is 1. The van der Waals surface area contributed by atoms with E-state index in [0.29, 0.717) is 16.8 Å². The van der Waals surface area contributed by atoms with Crippen LogP contribution >= 0.6 is 0 Å². The standard InChI is InChI=1S/C14H12N2O2/c1-10-5-6-12(8-15-10)14(18)16-13-4-2-3-11(7-13)9-17/h2-9H,1H3,(H,16,18). The summed E-state index contributed by atoms with van der Waals surface area (Å²) in [6, 6.07) is 10.2. The first-order chi connectivity index (χ1) is 8.69. The lowest BCUT2D eigenvalue weighted by atomic mass is 10.2. The Bertz CT molecular complexity index is 577. The lowest BCUT2D eigenvalue weighted by Crippen LogP contribution is -2.12. The number of aldehydes is 1. The molecule has 2 aromatic rings. The van der Waals surface area contributed by atoms with Crippen molar-refractivity contribution >= 4 is 17.9 Å². The molecule has 0 radical (unpaired) electrons. The molecule has 0 spiro atoms. The third kappa shape index (κ3) is 2.79. The van der Waals surface area contributed by atoms with Crippen LogP contribution in [0.25, 0.3) is 0 Å². The van der Waals surface area contributed by atoms with Crippen LogP contribution in [0.4, 0.5) is 5.69 Å². The van der Waals surface area contributed by atoms with Gasteiger partial charge in [-0.25, -0.2) is 0 Å². The predicted molar refractivity (Wildman–Crippen MR) is 68.8 cm³/mol. The average Bonchev–Trinajstić information content (AvgIpc) is 2.39. The van der Waals surface area contributed by atoms with Gasteiger partial charge in [0.05, 0.1) is 5.56 Å². The Morgan fingerprint density at radius 3 is 2.78 bits per heavy atom. The van der Waals surface area contributed by atoms with Crippen LogP contribution in [0.1, 0.15) is 26.4 Å². The number of benzene rings is 1. The van der Waals surface area contributed by atoms with Crippen LogP contribution in [0.2, 0.25) is 0 Å². The molecule has 0 atom stereocenters. The van der Waals surface area contributed by atoms with Crippen molar-refractivity contribution in [2.75, 3.05) is 5.32 Å². The van der Waals surface area contributed by atoms with E-state index in [9.17, 15) is 9.59 Å². The molecule has 0 aliphatic heterocycles. The summed E-state index contributed by atoms with van der Waals surface area (Å²) in [6.07, 6.45) is 2.26. The lowest BCUT2D eigenvalue weighted by molar-refractivity contribution is 0.102.